The first kappa shape index (κ1) is 13.3. The molecule has 1 heterocycles. The number of rotatable bonds is 4. The van der Waals surface area contributed by atoms with Crippen molar-refractivity contribution in [2.24, 2.45) is 5.73 Å². The molecule has 19 heavy (non-hydrogen) atoms. The van der Waals surface area contributed by atoms with Crippen LogP contribution in [0.5, 0.6) is 5.75 Å². The number of carboxylic acid groups (broad SMARTS) is 1. The van der Waals surface area contributed by atoms with Gasteiger partial charge in [-0.15, -0.1) is 0 Å². The molecule has 0 saturated carbocycles. The van der Waals surface area contributed by atoms with E-state index in [1.165, 1.54) is 0 Å². The van der Waals surface area contributed by atoms with E-state index >= 15 is 0 Å². The van der Waals surface area contributed by atoms with E-state index < -0.39 is 12.0 Å². The fourth-order valence-corrected chi connectivity index (χ4v) is 1.97. The largest absolute Gasteiger partial charge is 0.494 e. The van der Waals surface area contributed by atoms with Gasteiger partial charge in [0.25, 0.3) is 0 Å². The van der Waals surface area contributed by atoms with E-state index in [1.54, 1.807) is 13.2 Å². The van der Waals surface area contributed by atoms with Gasteiger partial charge in [0.05, 0.1) is 7.11 Å². The van der Waals surface area contributed by atoms with Gasteiger partial charge in [0.2, 0.25) is 0 Å². The smallest absolute Gasteiger partial charge is 0.320 e. The molecule has 0 amide bonds. The van der Waals surface area contributed by atoms with E-state index in [9.17, 15) is 4.79 Å². The average Bonchev–Trinajstić information content (AvgIpc) is 2.39. The fourth-order valence-electron chi connectivity index (χ4n) is 1.97. The van der Waals surface area contributed by atoms with Gasteiger partial charge in [-0.1, -0.05) is 12.1 Å². The summed E-state index contributed by atoms with van der Waals surface area (Å²) < 4.78 is 5.28. The van der Waals surface area contributed by atoms with E-state index in [0.717, 1.165) is 16.5 Å². The molecule has 1 aromatic carbocycles. The minimum atomic E-state index is -1.03. The topological polar surface area (TPSA) is 85.4 Å². The van der Waals surface area contributed by atoms with Crippen molar-refractivity contribution in [2.45, 2.75) is 19.4 Å². The average molecular weight is 260 g/mol. The number of pyridine rings is 1. The molecule has 0 fully saturated rings. The first-order valence-electron chi connectivity index (χ1n) is 5.94. The SMILES string of the molecule is COc1ccc(C)c2ccc(CC(N)C(=O)O)nc12. The molecule has 0 aliphatic heterocycles. The molecule has 5 nitrogen and oxygen atoms in total. The predicted octanol–water partition coefficient (Wildman–Crippen LogP) is 1.51. The summed E-state index contributed by atoms with van der Waals surface area (Å²) in [5.41, 5.74) is 8.00. The summed E-state index contributed by atoms with van der Waals surface area (Å²) in [7, 11) is 1.58. The number of benzene rings is 1. The summed E-state index contributed by atoms with van der Waals surface area (Å²) in [6.45, 7) is 1.99. The van der Waals surface area contributed by atoms with Crippen LogP contribution < -0.4 is 10.5 Å². The van der Waals surface area contributed by atoms with E-state index in [0.29, 0.717) is 11.4 Å². The lowest BCUT2D eigenvalue weighted by molar-refractivity contribution is -0.138. The number of aromatic nitrogens is 1. The molecule has 0 spiro atoms. The quantitative estimate of drug-likeness (QED) is 0.870. The van der Waals surface area contributed by atoms with Crippen molar-refractivity contribution >= 4 is 16.9 Å². The molecule has 5 heteroatoms. The van der Waals surface area contributed by atoms with E-state index in [4.69, 9.17) is 15.6 Å². The Kier molecular flexibility index (Phi) is 3.66. The van der Waals surface area contributed by atoms with Crippen LogP contribution in [0.4, 0.5) is 0 Å². The Morgan fingerprint density at radius 2 is 2.16 bits per heavy atom. The monoisotopic (exact) mass is 260 g/mol. The lowest BCUT2D eigenvalue weighted by Crippen LogP contribution is -2.32. The lowest BCUT2D eigenvalue weighted by Gasteiger charge is -2.10. The number of hydrogen-bond donors (Lipinski definition) is 2. The Morgan fingerprint density at radius 1 is 1.42 bits per heavy atom. The van der Waals surface area contributed by atoms with Crippen molar-refractivity contribution in [2.75, 3.05) is 7.11 Å². The Balaban J connectivity index is 2.47. The Morgan fingerprint density at radius 3 is 2.79 bits per heavy atom. The molecular formula is C14H16N2O3. The van der Waals surface area contributed by atoms with Crippen molar-refractivity contribution in [3.05, 3.63) is 35.5 Å². The molecular weight excluding hydrogens is 244 g/mol. The van der Waals surface area contributed by atoms with Crippen molar-refractivity contribution < 1.29 is 14.6 Å². The van der Waals surface area contributed by atoms with Crippen LogP contribution in [0.1, 0.15) is 11.3 Å². The first-order chi connectivity index (χ1) is 9.02. The Labute approximate surface area is 111 Å². The third-order valence-corrected chi connectivity index (χ3v) is 3.06. The van der Waals surface area contributed by atoms with Gasteiger partial charge in [-0.05, 0) is 24.6 Å². The molecule has 0 aliphatic rings. The second kappa shape index (κ2) is 5.24. The number of aliphatic carboxylic acids is 1. The van der Waals surface area contributed by atoms with Crippen molar-refractivity contribution in [3.8, 4) is 5.75 Å². The summed E-state index contributed by atoms with van der Waals surface area (Å²) in [6, 6.07) is 6.60. The zero-order valence-electron chi connectivity index (χ0n) is 10.9. The predicted molar refractivity (Wildman–Crippen MR) is 72.3 cm³/mol. The zero-order chi connectivity index (χ0) is 14.0. The molecule has 0 bridgehead atoms. The maximum absolute atomic E-state index is 10.8. The fraction of sp³-hybridized carbons (Fsp3) is 0.286. The summed E-state index contributed by atoms with van der Waals surface area (Å²) >= 11 is 0. The first-order valence-corrected chi connectivity index (χ1v) is 5.94. The van der Waals surface area contributed by atoms with Crippen LogP contribution in [-0.2, 0) is 11.2 Å². The van der Waals surface area contributed by atoms with Gasteiger partial charge in [-0.25, -0.2) is 4.98 Å². The lowest BCUT2D eigenvalue weighted by atomic mass is 10.1. The van der Waals surface area contributed by atoms with Gasteiger partial charge in [0, 0.05) is 17.5 Å². The highest BCUT2D eigenvalue weighted by Crippen LogP contribution is 2.26. The van der Waals surface area contributed by atoms with Crippen molar-refractivity contribution in [1.29, 1.82) is 0 Å². The van der Waals surface area contributed by atoms with Gasteiger partial charge >= 0.3 is 5.97 Å². The maximum atomic E-state index is 10.8. The number of nitrogens with zero attached hydrogens (tertiary/aromatic N) is 1. The number of methoxy groups -OCH3 is 1. The highest BCUT2D eigenvalue weighted by Gasteiger charge is 2.14. The van der Waals surface area contributed by atoms with Crippen LogP contribution in [0, 0.1) is 6.92 Å². The Bertz CT molecular complexity index is 625. The second-order valence-corrected chi connectivity index (χ2v) is 4.43. The maximum Gasteiger partial charge on any atom is 0.320 e. The normalized spacial score (nSPS) is 12.4. The molecule has 2 rings (SSSR count). The van der Waals surface area contributed by atoms with Crippen LogP contribution in [0.25, 0.3) is 10.9 Å². The van der Waals surface area contributed by atoms with Crippen LogP contribution in [0.2, 0.25) is 0 Å². The summed E-state index contributed by atoms with van der Waals surface area (Å²) in [5.74, 6) is -0.357. The van der Waals surface area contributed by atoms with Gasteiger partial charge in [0.15, 0.2) is 0 Å². The summed E-state index contributed by atoms with van der Waals surface area (Å²) in [5, 5.41) is 9.82. The van der Waals surface area contributed by atoms with Gasteiger partial charge in [-0.2, -0.15) is 0 Å². The van der Waals surface area contributed by atoms with E-state index in [1.807, 2.05) is 25.1 Å². The number of carbonyl (C=O) groups is 1. The molecule has 1 aromatic heterocycles. The Hall–Kier alpha value is -2.14. The molecule has 0 aliphatic carbocycles. The molecule has 100 valence electrons. The number of aryl methyl sites for hydroxylation is 1. The number of nitrogens with two attached hydrogens (primary N) is 1. The number of ether oxygens (including phenoxy) is 1. The van der Waals surface area contributed by atoms with Crippen molar-refractivity contribution in [3.63, 3.8) is 0 Å². The van der Waals surface area contributed by atoms with Gasteiger partial charge in [-0.3, -0.25) is 4.79 Å². The third kappa shape index (κ3) is 2.66. The summed E-state index contributed by atoms with van der Waals surface area (Å²) in [6.07, 6.45) is 0.197. The van der Waals surface area contributed by atoms with E-state index in [2.05, 4.69) is 4.98 Å². The molecule has 3 N–H and O–H groups in total. The molecule has 2 aromatic rings. The summed E-state index contributed by atoms with van der Waals surface area (Å²) in [4.78, 5) is 15.2. The van der Waals surface area contributed by atoms with Crippen LogP contribution in [0.15, 0.2) is 24.3 Å². The number of hydrogen-bond acceptors (Lipinski definition) is 4. The highest BCUT2D eigenvalue weighted by molar-refractivity contribution is 5.87. The molecule has 1 atom stereocenters. The van der Waals surface area contributed by atoms with Crippen LogP contribution in [-0.4, -0.2) is 29.2 Å². The van der Waals surface area contributed by atoms with E-state index in [-0.39, 0.29) is 6.42 Å². The van der Waals surface area contributed by atoms with Crippen LogP contribution >= 0.6 is 0 Å². The molecule has 0 radical (unpaired) electrons. The van der Waals surface area contributed by atoms with Crippen LogP contribution in [0.3, 0.4) is 0 Å². The van der Waals surface area contributed by atoms with Gasteiger partial charge < -0.3 is 15.6 Å². The number of carboxylic acids is 1. The zero-order valence-corrected chi connectivity index (χ0v) is 10.9. The number of fused-ring (bicyclic) bond motifs is 1. The standard InChI is InChI=1S/C14H16N2O3/c1-8-3-6-12(19-2)13-10(8)5-4-9(16-13)7-11(15)14(17)18/h3-6,11H,7,15H2,1-2H3,(H,17,18). The van der Waals surface area contributed by atoms with Crippen molar-refractivity contribution in [1.82, 2.24) is 4.98 Å². The minimum Gasteiger partial charge on any atom is -0.494 e. The highest BCUT2D eigenvalue weighted by atomic mass is 16.5. The van der Waals surface area contributed by atoms with Gasteiger partial charge in [0.1, 0.15) is 17.3 Å². The molecule has 0 saturated heterocycles. The minimum absolute atomic E-state index is 0.197. The molecule has 1 unspecified atom stereocenters. The second-order valence-electron chi connectivity index (χ2n) is 4.43. The third-order valence-electron chi connectivity index (χ3n) is 3.06.